The Morgan fingerprint density at radius 1 is 1.35 bits per heavy atom. The summed E-state index contributed by atoms with van der Waals surface area (Å²) in [5, 5.41) is 3.50. The van der Waals surface area contributed by atoms with Gasteiger partial charge < -0.3 is 16.0 Å². The van der Waals surface area contributed by atoms with Crippen LogP contribution in [0.5, 0.6) is 0 Å². The maximum atomic E-state index is 13.0. The van der Waals surface area contributed by atoms with Gasteiger partial charge in [-0.3, -0.25) is 4.79 Å². The normalized spacial score (nSPS) is 11.6. The van der Waals surface area contributed by atoms with Gasteiger partial charge in [-0.05, 0) is 25.1 Å². The van der Waals surface area contributed by atoms with Crippen LogP contribution in [0.2, 0.25) is 0 Å². The molecule has 1 heterocycles. The van der Waals surface area contributed by atoms with Crippen LogP contribution < -0.4 is 16.5 Å². The van der Waals surface area contributed by atoms with Gasteiger partial charge in [0, 0.05) is 41.8 Å². The van der Waals surface area contributed by atoms with Crippen LogP contribution >= 0.6 is 24.8 Å². The molecule has 4 nitrogen and oxygen atoms in total. The van der Waals surface area contributed by atoms with E-state index in [0.29, 0.717) is 24.0 Å². The van der Waals surface area contributed by atoms with Crippen LogP contribution in [0.1, 0.15) is 12.6 Å². The lowest BCUT2D eigenvalue weighted by Gasteiger charge is -2.08. The van der Waals surface area contributed by atoms with Crippen molar-refractivity contribution >= 4 is 35.7 Å². The van der Waals surface area contributed by atoms with Gasteiger partial charge in [0.15, 0.2) is 5.43 Å². The van der Waals surface area contributed by atoms with E-state index < -0.39 is 5.82 Å². The fourth-order valence-corrected chi connectivity index (χ4v) is 1.80. The summed E-state index contributed by atoms with van der Waals surface area (Å²) in [5.41, 5.74) is 6.84. The number of pyridine rings is 1. The van der Waals surface area contributed by atoms with Gasteiger partial charge in [0.2, 0.25) is 0 Å². The number of halogens is 3. The lowest BCUT2D eigenvalue weighted by molar-refractivity contribution is 0.602. The van der Waals surface area contributed by atoms with E-state index in [1.54, 1.807) is 6.07 Å². The zero-order valence-corrected chi connectivity index (χ0v) is 12.6. The van der Waals surface area contributed by atoms with E-state index in [4.69, 9.17) is 5.73 Å². The first-order valence-corrected chi connectivity index (χ1v) is 5.84. The molecule has 0 unspecified atom stereocenters. The van der Waals surface area contributed by atoms with Gasteiger partial charge in [-0.15, -0.1) is 24.8 Å². The maximum Gasteiger partial charge on any atom is 0.189 e. The molecule has 1 aromatic heterocycles. The van der Waals surface area contributed by atoms with Gasteiger partial charge in [-0.1, -0.05) is 0 Å². The molecule has 112 valence electrons. The Bertz CT molecular complexity index is 616. The van der Waals surface area contributed by atoms with Gasteiger partial charge in [-0.25, -0.2) is 4.39 Å². The van der Waals surface area contributed by atoms with E-state index in [9.17, 15) is 9.18 Å². The molecule has 0 aliphatic carbocycles. The molecule has 0 bridgehead atoms. The Labute approximate surface area is 128 Å². The molecule has 0 aliphatic rings. The number of benzene rings is 1. The molecule has 2 rings (SSSR count). The summed E-state index contributed by atoms with van der Waals surface area (Å²) in [4.78, 5) is 14.9. The number of rotatable bonds is 4. The van der Waals surface area contributed by atoms with Gasteiger partial charge in [0.05, 0.1) is 0 Å². The number of hydrogen-bond donors (Lipinski definition) is 3. The maximum absolute atomic E-state index is 13.0. The van der Waals surface area contributed by atoms with Crippen LogP contribution in [-0.2, 0) is 6.54 Å². The first kappa shape index (κ1) is 18.9. The van der Waals surface area contributed by atoms with E-state index in [-0.39, 0.29) is 36.3 Å². The number of fused-ring (bicyclic) bond motifs is 1. The van der Waals surface area contributed by atoms with Crippen LogP contribution in [0.25, 0.3) is 10.9 Å². The molecular weight excluding hydrogens is 304 g/mol. The fraction of sp³-hybridized carbons (Fsp3) is 0.308. The van der Waals surface area contributed by atoms with Crippen LogP contribution in [0.3, 0.4) is 0 Å². The third kappa shape index (κ3) is 4.76. The summed E-state index contributed by atoms with van der Waals surface area (Å²) in [7, 11) is 0. The SMILES string of the molecule is C[C@H](N)CNCc1cc(=O)c2cc(F)ccc2[nH]1.Cl.Cl. The van der Waals surface area contributed by atoms with Crippen molar-refractivity contribution in [1.29, 1.82) is 0 Å². The second-order valence-corrected chi connectivity index (χ2v) is 4.46. The molecule has 0 saturated carbocycles. The Kier molecular flexibility index (Phi) is 7.75. The summed E-state index contributed by atoms with van der Waals surface area (Å²) in [6, 6.07) is 5.69. The molecular formula is C13H18Cl2FN3O. The van der Waals surface area contributed by atoms with E-state index in [1.807, 2.05) is 6.92 Å². The van der Waals surface area contributed by atoms with Crippen molar-refractivity contribution in [2.45, 2.75) is 19.5 Å². The summed E-state index contributed by atoms with van der Waals surface area (Å²) in [6.07, 6.45) is 0. The Morgan fingerprint density at radius 2 is 2.05 bits per heavy atom. The second-order valence-electron chi connectivity index (χ2n) is 4.46. The van der Waals surface area contributed by atoms with Gasteiger partial charge in [0.1, 0.15) is 5.82 Å². The van der Waals surface area contributed by atoms with Crippen molar-refractivity contribution < 1.29 is 4.39 Å². The highest BCUT2D eigenvalue weighted by Crippen LogP contribution is 2.10. The average molecular weight is 322 g/mol. The van der Waals surface area contributed by atoms with E-state index in [2.05, 4.69) is 10.3 Å². The number of H-pyrrole nitrogens is 1. The highest BCUT2D eigenvalue weighted by atomic mass is 35.5. The Morgan fingerprint density at radius 3 is 2.70 bits per heavy atom. The zero-order chi connectivity index (χ0) is 13.1. The van der Waals surface area contributed by atoms with Crippen LogP contribution in [0.4, 0.5) is 4.39 Å². The molecule has 1 aromatic carbocycles. The zero-order valence-electron chi connectivity index (χ0n) is 11.0. The van der Waals surface area contributed by atoms with Crippen LogP contribution in [0, 0.1) is 5.82 Å². The number of nitrogens with two attached hydrogens (primary N) is 1. The topological polar surface area (TPSA) is 70.9 Å². The molecule has 0 fully saturated rings. The van der Waals surface area contributed by atoms with Crippen molar-refractivity contribution in [3.63, 3.8) is 0 Å². The van der Waals surface area contributed by atoms with Crippen LogP contribution in [0.15, 0.2) is 29.1 Å². The highest BCUT2D eigenvalue weighted by Gasteiger charge is 2.03. The molecule has 0 amide bonds. The Balaban J connectivity index is 0.00000180. The van der Waals surface area contributed by atoms with E-state index in [0.717, 1.165) is 5.69 Å². The quantitative estimate of drug-likeness (QED) is 0.806. The molecule has 0 radical (unpaired) electrons. The molecule has 0 saturated heterocycles. The smallest absolute Gasteiger partial charge is 0.189 e. The van der Waals surface area contributed by atoms with Crippen molar-refractivity contribution in [3.8, 4) is 0 Å². The van der Waals surface area contributed by atoms with Gasteiger partial charge in [-0.2, -0.15) is 0 Å². The largest absolute Gasteiger partial charge is 0.357 e. The second kappa shape index (κ2) is 8.21. The lowest BCUT2D eigenvalue weighted by atomic mass is 10.2. The standard InChI is InChI=1S/C13H16FN3O.2ClH/c1-8(15)6-16-7-10-5-13(18)11-4-9(14)2-3-12(11)17-10;;/h2-5,8,16H,6-7,15H2,1H3,(H,17,18);2*1H/t8-;;/m0../s1. The summed E-state index contributed by atoms with van der Waals surface area (Å²) >= 11 is 0. The predicted molar refractivity (Wildman–Crippen MR) is 84.4 cm³/mol. The summed E-state index contributed by atoms with van der Waals surface area (Å²) in [6.45, 7) is 3.10. The van der Waals surface area contributed by atoms with Crippen molar-refractivity contribution in [2.24, 2.45) is 5.73 Å². The molecule has 1 atom stereocenters. The monoisotopic (exact) mass is 321 g/mol. The van der Waals surface area contributed by atoms with Crippen molar-refractivity contribution in [1.82, 2.24) is 10.3 Å². The third-order valence-electron chi connectivity index (χ3n) is 2.63. The predicted octanol–water partition coefficient (Wildman–Crippen LogP) is 1.95. The van der Waals surface area contributed by atoms with Gasteiger partial charge >= 0.3 is 0 Å². The third-order valence-corrected chi connectivity index (χ3v) is 2.63. The lowest BCUT2D eigenvalue weighted by Crippen LogP contribution is -2.31. The highest BCUT2D eigenvalue weighted by molar-refractivity contribution is 5.85. The minimum absolute atomic E-state index is 0. The van der Waals surface area contributed by atoms with E-state index in [1.165, 1.54) is 18.2 Å². The molecule has 4 N–H and O–H groups in total. The van der Waals surface area contributed by atoms with Crippen LogP contribution in [-0.4, -0.2) is 17.6 Å². The number of hydrogen-bond acceptors (Lipinski definition) is 3. The number of nitrogens with one attached hydrogen (secondary N) is 2. The van der Waals surface area contributed by atoms with Crippen molar-refractivity contribution in [2.75, 3.05) is 6.54 Å². The molecule has 7 heteroatoms. The fourth-order valence-electron chi connectivity index (χ4n) is 1.80. The number of aromatic nitrogens is 1. The molecule has 0 aliphatic heterocycles. The first-order chi connectivity index (χ1) is 8.56. The minimum atomic E-state index is -0.407. The average Bonchev–Trinajstić information content (AvgIpc) is 2.30. The number of aromatic amines is 1. The first-order valence-electron chi connectivity index (χ1n) is 5.84. The molecule has 0 spiro atoms. The molecule has 20 heavy (non-hydrogen) atoms. The van der Waals surface area contributed by atoms with E-state index >= 15 is 0 Å². The van der Waals surface area contributed by atoms with Gasteiger partial charge in [0.25, 0.3) is 0 Å². The molecule has 2 aromatic rings. The van der Waals surface area contributed by atoms with Crippen molar-refractivity contribution in [3.05, 3.63) is 46.0 Å². The Hall–Kier alpha value is -1.14. The summed E-state index contributed by atoms with van der Waals surface area (Å²) < 4.78 is 13.0. The minimum Gasteiger partial charge on any atom is -0.357 e. The summed E-state index contributed by atoms with van der Waals surface area (Å²) in [5.74, 6) is -0.407.